The van der Waals surface area contributed by atoms with E-state index in [9.17, 15) is 9.90 Å². The van der Waals surface area contributed by atoms with E-state index < -0.39 is 11.7 Å². The number of amides is 1. The monoisotopic (exact) mass is 303 g/mol. The van der Waals surface area contributed by atoms with E-state index in [-0.39, 0.29) is 5.75 Å². The summed E-state index contributed by atoms with van der Waals surface area (Å²) < 4.78 is 5.30. The van der Waals surface area contributed by atoms with Gasteiger partial charge in [-0.25, -0.2) is 4.79 Å². The van der Waals surface area contributed by atoms with Crippen molar-refractivity contribution in [1.82, 2.24) is 15.8 Å². The summed E-state index contributed by atoms with van der Waals surface area (Å²) >= 11 is 0. The second kappa shape index (κ2) is 6.01. The van der Waals surface area contributed by atoms with Crippen molar-refractivity contribution in [1.29, 1.82) is 0 Å². The van der Waals surface area contributed by atoms with Gasteiger partial charge in [0.1, 0.15) is 17.2 Å². The number of carbonyl (C=O) groups excluding carboxylic acids is 1. The lowest BCUT2D eigenvalue weighted by Gasteiger charge is -2.28. The molecule has 1 aromatic rings. The van der Waals surface area contributed by atoms with E-state index in [0.29, 0.717) is 17.1 Å². The van der Waals surface area contributed by atoms with E-state index in [0.717, 1.165) is 0 Å². The summed E-state index contributed by atoms with van der Waals surface area (Å²) in [5.74, 6) is 0.730. The molecule has 22 heavy (non-hydrogen) atoms. The second-order valence-electron chi connectivity index (χ2n) is 5.94. The number of para-hydroxylation sites is 1. The third kappa shape index (κ3) is 3.72. The van der Waals surface area contributed by atoms with Gasteiger partial charge in [0.05, 0.1) is 5.70 Å². The maximum absolute atomic E-state index is 12.0. The Morgan fingerprint density at radius 3 is 2.41 bits per heavy atom. The van der Waals surface area contributed by atoms with Crippen LogP contribution >= 0.6 is 0 Å². The average molecular weight is 303 g/mol. The van der Waals surface area contributed by atoms with Crippen LogP contribution in [0.25, 0.3) is 5.70 Å². The van der Waals surface area contributed by atoms with Gasteiger partial charge in [-0.2, -0.15) is 0 Å². The molecule has 0 bridgehead atoms. The minimum Gasteiger partial charge on any atom is -0.507 e. The molecule has 0 spiro atoms. The number of rotatable bonds is 2. The lowest BCUT2D eigenvalue weighted by Crippen LogP contribution is -2.43. The third-order valence-electron chi connectivity index (χ3n) is 2.96. The van der Waals surface area contributed by atoms with Crippen LogP contribution in [0.5, 0.6) is 5.75 Å². The van der Waals surface area contributed by atoms with Crippen molar-refractivity contribution in [2.45, 2.75) is 26.4 Å². The molecule has 1 aliphatic rings. The molecule has 0 atom stereocenters. The van der Waals surface area contributed by atoms with Crippen LogP contribution in [0.1, 0.15) is 26.3 Å². The van der Waals surface area contributed by atoms with Crippen LogP contribution in [-0.2, 0) is 4.74 Å². The normalized spacial score (nSPS) is 14.2. The Labute approximate surface area is 130 Å². The summed E-state index contributed by atoms with van der Waals surface area (Å²) in [6, 6.07) is 7.01. The Morgan fingerprint density at radius 2 is 1.86 bits per heavy atom. The zero-order chi connectivity index (χ0) is 16.3. The summed E-state index contributed by atoms with van der Waals surface area (Å²) in [4.78, 5) is 13.4. The largest absolute Gasteiger partial charge is 0.507 e. The van der Waals surface area contributed by atoms with Crippen LogP contribution < -0.4 is 10.9 Å². The predicted molar refractivity (Wildman–Crippen MR) is 84.4 cm³/mol. The van der Waals surface area contributed by atoms with Crippen LogP contribution in [-0.4, -0.2) is 28.7 Å². The van der Waals surface area contributed by atoms with Crippen LogP contribution in [0.3, 0.4) is 0 Å². The highest BCUT2D eigenvalue weighted by Gasteiger charge is 2.23. The van der Waals surface area contributed by atoms with Crippen LogP contribution in [0, 0.1) is 0 Å². The van der Waals surface area contributed by atoms with Crippen LogP contribution in [0.4, 0.5) is 4.79 Å². The van der Waals surface area contributed by atoms with E-state index in [4.69, 9.17) is 4.74 Å². The number of hydrazine groups is 1. The van der Waals surface area contributed by atoms with Crippen molar-refractivity contribution in [3.8, 4) is 5.75 Å². The lowest BCUT2D eigenvalue weighted by atomic mass is 10.1. The summed E-state index contributed by atoms with van der Waals surface area (Å²) in [7, 11) is 1.62. The maximum atomic E-state index is 12.0. The Balaban J connectivity index is 2.13. The van der Waals surface area contributed by atoms with Crippen LogP contribution in [0.15, 0.2) is 42.2 Å². The van der Waals surface area contributed by atoms with Gasteiger partial charge in [0, 0.05) is 12.6 Å². The molecule has 1 aliphatic heterocycles. The fraction of sp³-hybridized carbons (Fsp3) is 0.312. The first-order valence-electron chi connectivity index (χ1n) is 6.97. The molecule has 0 aromatic heterocycles. The number of nitrogens with one attached hydrogen (secondary N) is 2. The molecule has 0 unspecified atom stereocenters. The lowest BCUT2D eigenvalue weighted by molar-refractivity contribution is 0.0340. The van der Waals surface area contributed by atoms with Gasteiger partial charge < -0.3 is 9.84 Å². The predicted octanol–water partition coefficient (Wildman–Crippen LogP) is 2.55. The van der Waals surface area contributed by atoms with Gasteiger partial charge in [0.2, 0.25) is 0 Å². The molecule has 6 nitrogen and oxygen atoms in total. The number of hydrogen-bond acceptors (Lipinski definition) is 5. The first-order chi connectivity index (χ1) is 10.3. The van der Waals surface area contributed by atoms with E-state index in [1.54, 1.807) is 37.4 Å². The standard InChI is InChI=1S/C16H21N3O3/c1-16(2,3)22-15(21)19(4)14-10-9-12(17-18-14)11-7-5-6-8-13(11)20/h5-10,17-18,20H,1-4H3. The number of nitrogens with zero attached hydrogens (tertiary/aromatic N) is 1. The smallest absolute Gasteiger partial charge is 0.415 e. The molecule has 1 heterocycles. The molecule has 0 aliphatic carbocycles. The minimum absolute atomic E-state index is 0.181. The zero-order valence-corrected chi connectivity index (χ0v) is 13.2. The molecule has 118 valence electrons. The van der Waals surface area contributed by atoms with Gasteiger partial charge in [-0.05, 0) is 45.1 Å². The molecular weight excluding hydrogens is 282 g/mol. The minimum atomic E-state index is -0.551. The molecule has 0 radical (unpaired) electrons. The van der Waals surface area contributed by atoms with Gasteiger partial charge >= 0.3 is 6.09 Å². The topological polar surface area (TPSA) is 73.8 Å². The highest BCUT2D eigenvalue weighted by atomic mass is 16.6. The number of ether oxygens (including phenoxy) is 1. The quantitative estimate of drug-likeness (QED) is 0.783. The molecule has 0 fully saturated rings. The van der Waals surface area contributed by atoms with Crippen molar-refractivity contribution >= 4 is 11.8 Å². The first kappa shape index (κ1) is 15.8. The molecule has 2 rings (SSSR count). The van der Waals surface area contributed by atoms with E-state index in [1.807, 2.05) is 26.8 Å². The third-order valence-corrected chi connectivity index (χ3v) is 2.96. The number of allylic oxidation sites excluding steroid dienone is 2. The molecule has 3 N–H and O–H groups in total. The van der Waals surface area contributed by atoms with Crippen LogP contribution in [0.2, 0.25) is 0 Å². The van der Waals surface area contributed by atoms with Crippen molar-refractivity contribution in [3.05, 3.63) is 47.8 Å². The van der Waals surface area contributed by atoms with Gasteiger partial charge in [0.25, 0.3) is 0 Å². The van der Waals surface area contributed by atoms with E-state index in [1.165, 1.54) is 4.90 Å². The van der Waals surface area contributed by atoms with Gasteiger partial charge in [-0.3, -0.25) is 15.8 Å². The molecule has 1 aromatic carbocycles. The Hall–Kier alpha value is -2.63. The summed E-state index contributed by atoms with van der Waals surface area (Å²) in [5, 5.41) is 9.84. The van der Waals surface area contributed by atoms with Crippen molar-refractivity contribution in [2.24, 2.45) is 0 Å². The number of phenolic OH excluding ortho intramolecular Hbond substituents is 1. The van der Waals surface area contributed by atoms with E-state index >= 15 is 0 Å². The van der Waals surface area contributed by atoms with Crippen molar-refractivity contribution in [3.63, 3.8) is 0 Å². The second-order valence-corrected chi connectivity index (χ2v) is 5.94. The highest BCUT2D eigenvalue weighted by Crippen LogP contribution is 2.24. The molecule has 6 heteroatoms. The number of benzene rings is 1. The Kier molecular flexibility index (Phi) is 4.30. The Bertz CT molecular complexity index is 630. The molecule has 0 saturated carbocycles. The summed E-state index contributed by atoms with van der Waals surface area (Å²) in [6.45, 7) is 5.45. The summed E-state index contributed by atoms with van der Waals surface area (Å²) in [5.41, 5.74) is 6.70. The molecule has 0 saturated heterocycles. The van der Waals surface area contributed by atoms with Gasteiger partial charge in [0.15, 0.2) is 0 Å². The first-order valence-corrected chi connectivity index (χ1v) is 6.97. The summed E-state index contributed by atoms with van der Waals surface area (Å²) in [6.07, 6.45) is 3.07. The molecular formula is C16H21N3O3. The number of aromatic hydroxyl groups is 1. The highest BCUT2D eigenvalue weighted by molar-refractivity contribution is 5.73. The number of carbonyl (C=O) groups is 1. The van der Waals surface area contributed by atoms with E-state index in [2.05, 4.69) is 10.9 Å². The van der Waals surface area contributed by atoms with Crippen molar-refractivity contribution < 1.29 is 14.6 Å². The maximum Gasteiger partial charge on any atom is 0.415 e. The van der Waals surface area contributed by atoms with Gasteiger partial charge in [-0.1, -0.05) is 12.1 Å². The Morgan fingerprint density at radius 1 is 1.18 bits per heavy atom. The zero-order valence-electron chi connectivity index (χ0n) is 13.2. The number of hydrogen-bond donors (Lipinski definition) is 3. The fourth-order valence-electron chi connectivity index (χ4n) is 1.86. The van der Waals surface area contributed by atoms with Crippen molar-refractivity contribution in [2.75, 3.05) is 7.05 Å². The number of phenols is 1. The fourth-order valence-corrected chi connectivity index (χ4v) is 1.86. The SMILES string of the molecule is CN(C(=O)OC(C)(C)C)C1=CC=C(c2ccccc2O)NN1. The average Bonchev–Trinajstić information content (AvgIpc) is 2.45. The molecule has 1 amide bonds. The van der Waals surface area contributed by atoms with Gasteiger partial charge in [-0.15, -0.1) is 0 Å².